The molecule has 7 heteroatoms. The minimum absolute atomic E-state index is 0.0636. The number of thiazole rings is 1. The number of rotatable bonds is 7. The summed E-state index contributed by atoms with van der Waals surface area (Å²) in [6.45, 7) is 12.4. The van der Waals surface area contributed by atoms with E-state index in [2.05, 4.69) is 41.8 Å². The molecule has 1 aromatic heterocycles. The second kappa shape index (κ2) is 9.60. The van der Waals surface area contributed by atoms with Crippen molar-refractivity contribution in [2.24, 2.45) is 4.99 Å². The third-order valence-electron chi connectivity index (χ3n) is 3.66. The molecule has 0 saturated heterocycles. The Hall–Kier alpha value is -2.28. The normalized spacial score (nSPS) is 12.0. The Morgan fingerprint density at radius 3 is 2.59 bits per heavy atom. The molecule has 0 atom stereocenters. The van der Waals surface area contributed by atoms with Crippen LogP contribution in [0, 0.1) is 0 Å². The van der Waals surface area contributed by atoms with E-state index in [-0.39, 0.29) is 5.41 Å². The monoisotopic (exact) mass is 390 g/mol. The largest absolute Gasteiger partial charge is 0.493 e. The molecule has 0 spiro atoms. The fourth-order valence-corrected chi connectivity index (χ4v) is 3.25. The fourth-order valence-electron chi connectivity index (χ4n) is 2.35. The Morgan fingerprint density at radius 1 is 1.22 bits per heavy atom. The van der Waals surface area contributed by atoms with Crippen LogP contribution in [0.1, 0.15) is 45.3 Å². The number of nitrogens with one attached hydrogen (secondary N) is 2. The number of aromatic nitrogens is 1. The van der Waals surface area contributed by atoms with E-state index in [1.54, 1.807) is 18.4 Å². The van der Waals surface area contributed by atoms with Gasteiger partial charge in [-0.1, -0.05) is 20.8 Å². The van der Waals surface area contributed by atoms with Crippen molar-refractivity contribution in [3.05, 3.63) is 34.3 Å². The van der Waals surface area contributed by atoms with Gasteiger partial charge in [0.15, 0.2) is 17.5 Å². The van der Waals surface area contributed by atoms with Crippen LogP contribution in [0.15, 0.2) is 28.6 Å². The van der Waals surface area contributed by atoms with Crippen molar-refractivity contribution in [3.63, 3.8) is 0 Å². The molecule has 1 aromatic carbocycles. The van der Waals surface area contributed by atoms with Crippen LogP contribution >= 0.6 is 11.3 Å². The van der Waals surface area contributed by atoms with Crippen molar-refractivity contribution in [1.29, 1.82) is 0 Å². The minimum atomic E-state index is 0.0636. The Kier molecular flexibility index (Phi) is 7.47. The van der Waals surface area contributed by atoms with Crippen molar-refractivity contribution in [2.45, 2.75) is 46.6 Å². The van der Waals surface area contributed by atoms with E-state index in [9.17, 15) is 0 Å². The predicted molar refractivity (Wildman–Crippen MR) is 113 cm³/mol. The van der Waals surface area contributed by atoms with E-state index >= 15 is 0 Å². The first-order valence-electron chi connectivity index (χ1n) is 9.18. The Morgan fingerprint density at radius 2 is 2.00 bits per heavy atom. The lowest BCUT2D eigenvalue weighted by molar-refractivity contribution is 0.311. The SMILES string of the molecule is CCNC(=NCc1csc(C(C)(C)C)n1)Nc1ccc(OC)c(OCC)c1. The maximum atomic E-state index is 5.64. The number of methoxy groups -OCH3 is 1. The van der Waals surface area contributed by atoms with Crippen molar-refractivity contribution in [3.8, 4) is 11.5 Å². The average molecular weight is 391 g/mol. The van der Waals surface area contributed by atoms with Gasteiger partial charge in [0, 0.05) is 29.1 Å². The molecule has 0 aliphatic heterocycles. The highest BCUT2D eigenvalue weighted by Crippen LogP contribution is 2.30. The topological polar surface area (TPSA) is 67.8 Å². The highest BCUT2D eigenvalue weighted by molar-refractivity contribution is 7.09. The molecule has 0 aliphatic carbocycles. The van der Waals surface area contributed by atoms with Gasteiger partial charge in [-0.25, -0.2) is 9.98 Å². The van der Waals surface area contributed by atoms with E-state index in [4.69, 9.17) is 14.5 Å². The van der Waals surface area contributed by atoms with Crippen LogP contribution in [-0.2, 0) is 12.0 Å². The third kappa shape index (κ3) is 6.13. The summed E-state index contributed by atoms with van der Waals surface area (Å²) in [6.07, 6.45) is 0. The molecule has 6 nitrogen and oxygen atoms in total. The molecule has 0 fully saturated rings. The van der Waals surface area contributed by atoms with Crippen molar-refractivity contribution in [2.75, 3.05) is 25.6 Å². The summed E-state index contributed by atoms with van der Waals surface area (Å²) < 4.78 is 11.0. The van der Waals surface area contributed by atoms with Crippen molar-refractivity contribution in [1.82, 2.24) is 10.3 Å². The molecule has 0 saturated carbocycles. The lowest BCUT2D eigenvalue weighted by atomic mass is 9.98. The number of nitrogens with zero attached hydrogens (tertiary/aromatic N) is 2. The number of anilines is 1. The van der Waals surface area contributed by atoms with Crippen LogP contribution in [0.2, 0.25) is 0 Å². The first-order valence-corrected chi connectivity index (χ1v) is 10.1. The quantitative estimate of drug-likeness (QED) is 0.541. The Balaban J connectivity index is 2.13. The summed E-state index contributed by atoms with van der Waals surface area (Å²) in [5.74, 6) is 2.12. The Bertz CT molecular complexity index is 766. The van der Waals surface area contributed by atoms with E-state index < -0.39 is 0 Å². The lowest BCUT2D eigenvalue weighted by Gasteiger charge is -2.14. The van der Waals surface area contributed by atoms with E-state index in [1.165, 1.54) is 0 Å². The molecular formula is C20H30N4O2S. The molecule has 2 rings (SSSR count). The molecule has 148 valence electrons. The highest BCUT2D eigenvalue weighted by Gasteiger charge is 2.17. The van der Waals surface area contributed by atoms with Crippen LogP contribution in [0.4, 0.5) is 5.69 Å². The van der Waals surface area contributed by atoms with Gasteiger partial charge in [0.25, 0.3) is 0 Å². The summed E-state index contributed by atoms with van der Waals surface area (Å²) in [6, 6.07) is 5.73. The van der Waals surface area contributed by atoms with Crippen LogP contribution in [0.5, 0.6) is 11.5 Å². The van der Waals surface area contributed by atoms with Gasteiger partial charge in [-0.05, 0) is 26.0 Å². The maximum absolute atomic E-state index is 5.64. The van der Waals surface area contributed by atoms with Crippen molar-refractivity contribution >= 4 is 23.0 Å². The van der Waals surface area contributed by atoms with Crippen LogP contribution in [0.25, 0.3) is 0 Å². The van der Waals surface area contributed by atoms with E-state index in [0.29, 0.717) is 30.6 Å². The Labute approximate surface area is 166 Å². The molecule has 0 unspecified atom stereocenters. The van der Waals surface area contributed by atoms with Gasteiger partial charge in [0.1, 0.15) is 0 Å². The molecular weight excluding hydrogens is 360 g/mol. The summed E-state index contributed by atoms with van der Waals surface area (Å²) in [4.78, 5) is 9.36. The van der Waals surface area contributed by atoms with E-state index in [0.717, 1.165) is 22.9 Å². The summed E-state index contributed by atoms with van der Waals surface area (Å²) >= 11 is 1.69. The van der Waals surface area contributed by atoms with Gasteiger partial charge in [-0.2, -0.15) is 0 Å². The zero-order chi connectivity index (χ0) is 19.9. The second-order valence-electron chi connectivity index (χ2n) is 7.01. The van der Waals surface area contributed by atoms with Crippen molar-refractivity contribution < 1.29 is 9.47 Å². The molecule has 0 bridgehead atoms. The molecule has 0 aliphatic rings. The number of hydrogen-bond donors (Lipinski definition) is 2. The molecule has 0 amide bonds. The molecule has 2 N–H and O–H groups in total. The zero-order valence-electron chi connectivity index (χ0n) is 17.0. The molecule has 2 aromatic rings. The maximum Gasteiger partial charge on any atom is 0.196 e. The van der Waals surface area contributed by atoms with E-state index in [1.807, 2.05) is 32.0 Å². The second-order valence-corrected chi connectivity index (χ2v) is 7.87. The number of ether oxygens (including phenoxy) is 2. The van der Waals surface area contributed by atoms with Gasteiger partial charge in [0.05, 0.1) is 31.0 Å². The number of hydrogen-bond acceptors (Lipinski definition) is 5. The summed E-state index contributed by atoms with van der Waals surface area (Å²) in [5, 5.41) is 9.78. The molecule has 27 heavy (non-hydrogen) atoms. The van der Waals surface area contributed by atoms with Gasteiger partial charge in [0.2, 0.25) is 0 Å². The smallest absolute Gasteiger partial charge is 0.196 e. The van der Waals surface area contributed by atoms with Gasteiger partial charge in [-0.3, -0.25) is 0 Å². The average Bonchev–Trinajstić information content (AvgIpc) is 3.10. The number of benzene rings is 1. The molecule has 0 radical (unpaired) electrons. The highest BCUT2D eigenvalue weighted by atomic mass is 32.1. The van der Waals surface area contributed by atoms with Gasteiger partial charge >= 0.3 is 0 Å². The minimum Gasteiger partial charge on any atom is -0.493 e. The lowest BCUT2D eigenvalue weighted by Crippen LogP contribution is -2.30. The van der Waals surface area contributed by atoms with Crippen LogP contribution in [0.3, 0.4) is 0 Å². The standard InChI is InChI=1S/C20H30N4O2S/c1-7-21-19(22-12-15-13-27-18(23-15)20(3,4)5)24-14-9-10-16(25-6)17(11-14)26-8-2/h9-11,13H,7-8,12H2,1-6H3,(H2,21,22,24). The number of guanidine groups is 1. The predicted octanol–water partition coefficient (Wildman–Crippen LogP) is 4.43. The summed E-state index contributed by atoms with van der Waals surface area (Å²) in [7, 11) is 1.64. The van der Waals surface area contributed by atoms with Gasteiger partial charge in [-0.15, -0.1) is 11.3 Å². The first kappa shape index (κ1) is 21.0. The van der Waals surface area contributed by atoms with Crippen LogP contribution < -0.4 is 20.1 Å². The molecule has 1 heterocycles. The third-order valence-corrected chi connectivity index (χ3v) is 4.98. The first-order chi connectivity index (χ1) is 12.9. The zero-order valence-corrected chi connectivity index (χ0v) is 17.9. The van der Waals surface area contributed by atoms with Gasteiger partial charge < -0.3 is 20.1 Å². The van der Waals surface area contributed by atoms with Crippen LogP contribution in [-0.4, -0.2) is 31.2 Å². The fraction of sp³-hybridized carbons (Fsp3) is 0.500. The number of aliphatic imine (C=N–C) groups is 1. The summed E-state index contributed by atoms with van der Waals surface area (Å²) in [5.41, 5.74) is 1.92.